The van der Waals surface area contributed by atoms with Crippen LogP contribution in [0.1, 0.15) is 0 Å². The number of hydrogen-bond acceptors (Lipinski definition) is 3. The Kier molecular flexibility index (Phi) is 3.78. The van der Waals surface area contributed by atoms with Crippen LogP contribution < -0.4 is 5.32 Å². The molecule has 6 heteroatoms. The van der Waals surface area contributed by atoms with Gasteiger partial charge in [-0.15, -0.1) is 6.42 Å². The highest BCUT2D eigenvalue weighted by Crippen LogP contribution is 2.33. The summed E-state index contributed by atoms with van der Waals surface area (Å²) in [5, 5.41) is 13.7. The van der Waals surface area contributed by atoms with Crippen LogP contribution in [-0.4, -0.2) is 11.5 Å². The van der Waals surface area contributed by atoms with E-state index in [4.69, 9.17) is 29.6 Å². The Bertz CT molecular complexity index is 440. The first-order valence-electron chi connectivity index (χ1n) is 3.87. The number of nitrogens with one attached hydrogen (secondary N) is 1. The van der Waals surface area contributed by atoms with E-state index in [1.54, 1.807) is 0 Å². The zero-order chi connectivity index (χ0) is 11.4. The maximum absolute atomic E-state index is 10.7. The topological polar surface area (TPSA) is 55.2 Å². The first kappa shape index (κ1) is 11.6. The third-order valence-corrected chi connectivity index (χ3v) is 2.34. The first-order chi connectivity index (χ1) is 7.06. The van der Waals surface area contributed by atoms with Gasteiger partial charge in [0.15, 0.2) is 0 Å². The summed E-state index contributed by atoms with van der Waals surface area (Å²) in [4.78, 5) is 10.1. The van der Waals surface area contributed by atoms with Gasteiger partial charge in [0.2, 0.25) is 0 Å². The monoisotopic (exact) mass is 244 g/mol. The average molecular weight is 245 g/mol. The number of hydrogen-bond donors (Lipinski definition) is 1. The number of halogens is 2. The van der Waals surface area contributed by atoms with E-state index in [9.17, 15) is 10.1 Å². The summed E-state index contributed by atoms with van der Waals surface area (Å²) in [5.41, 5.74) is 0.104. The average Bonchev–Trinajstić information content (AvgIpc) is 2.19. The molecule has 0 aliphatic carbocycles. The van der Waals surface area contributed by atoms with Gasteiger partial charge in [-0.1, -0.05) is 29.1 Å². The fourth-order valence-corrected chi connectivity index (χ4v) is 1.30. The molecule has 0 aliphatic heterocycles. The number of terminal acetylenes is 1. The Morgan fingerprint density at radius 1 is 1.47 bits per heavy atom. The lowest BCUT2D eigenvalue weighted by atomic mass is 10.2. The van der Waals surface area contributed by atoms with Crippen molar-refractivity contribution in [3.63, 3.8) is 0 Å². The molecule has 0 spiro atoms. The molecule has 0 bridgehead atoms. The second-order valence-electron chi connectivity index (χ2n) is 2.60. The Balaban J connectivity index is 3.17. The smallest absolute Gasteiger partial charge is 0.293 e. The van der Waals surface area contributed by atoms with Gasteiger partial charge < -0.3 is 5.32 Å². The van der Waals surface area contributed by atoms with E-state index in [0.29, 0.717) is 0 Å². The predicted molar refractivity (Wildman–Crippen MR) is 60.4 cm³/mol. The van der Waals surface area contributed by atoms with Gasteiger partial charge in [-0.25, -0.2) is 0 Å². The van der Waals surface area contributed by atoms with Crippen molar-refractivity contribution in [1.29, 1.82) is 0 Å². The van der Waals surface area contributed by atoms with Crippen molar-refractivity contribution in [1.82, 2.24) is 0 Å². The molecule has 0 heterocycles. The molecular weight excluding hydrogens is 239 g/mol. The van der Waals surface area contributed by atoms with E-state index >= 15 is 0 Å². The maximum Gasteiger partial charge on any atom is 0.293 e. The van der Waals surface area contributed by atoms with Crippen LogP contribution in [0.4, 0.5) is 11.4 Å². The molecule has 15 heavy (non-hydrogen) atoms. The van der Waals surface area contributed by atoms with Crippen LogP contribution in [-0.2, 0) is 0 Å². The molecule has 0 aliphatic rings. The van der Waals surface area contributed by atoms with Crippen molar-refractivity contribution in [3.05, 3.63) is 32.3 Å². The van der Waals surface area contributed by atoms with Gasteiger partial charge in [0.1, 0.15) is 5.69 Å². The van der Waals surface area contributed by atoms with E-state index in [2.05, 4.69) is 11.2 Å². The first-order valence-corrected chi connectivity index (χ1v) is 4.62. The fourth-order valence-electron chi connectivity index (χ4n) is 0.975. The summed E-state index contributed by atoms with van der Waals surface area (Å²) in [6, 6.07) is 2.56. The highest BCUT2D eigenvalue weighted by Gasteiger charge is 2.16. The van der Waals surface area contributed by atoms with Crippen molar-refractivity contribution >= 4 is 34.6 Å². The van der Waals surface area contributed by atoms with E-state index in [1.165, 1.54) is 12.1 Å². The van der Waals surface area contributed by atoms with Crippen molar-refractivity contribution in [2.24, 2.45) is 0 Å². The molecule has 1 aromatic rings. The van der Waals surface area contributed by atoms with Gasteiger partial charge in [-0.3, -0.25) is 10.1 Å². The van der Waals surface area contributed by atoms with Crippen LogP contribution in [0, 0.1) is 22.5 Å². The minimum absolute atomic E-state index is 0.134. The van der Waals surface area contributed by atoms with E-state index in [0.717, 1.165) is 0 Å². The molecule has 0 radical (unpaired) electrons. The SMILES string of the molecule is C#CCNc1cc(Cl)c(Cl)cc1[N+](=O)[O-]. The molecule has 0 amide bonds. The standard InChI is InChI=1S/C9H6Cl2N2O2/c1-2-3-12-8-4-6(10)7(11)5-9(8)13(14)15/h1,4-5,12H,3H2. The molecule has 0 saturated heterocycles. The van der Waals surface area contributed by atoms with E-state index in [-0.39, 0.29) is 28.0 Å². The number of rotatable bonds is 3. The Morgan fingerprint density at radius 3 is 2.60 bits per heavy atom. The Hall–Kier alpha value is -1.44. The molecule has 0 atom stereocenters. The Labute approximate surface area is 96.3 Å². The molecule has 1 rings (SSSR count). The number of nitrogens with zero attached hydrogens (tertiary/aromatic N) is 1. The number of benzene rings is 1. The van der Waals surface area contributed by atoms with E-state index in [1.807, 2.05) is 0 Å². The molecule has 4 nitrogen and oxygen atoms in total. The minimum Gasteiger partial charge on any atom is -0.369 e. The third-order valence-electron chi connectivity index (χ3n) is 1.62. The highest BCUT2D eigenvalue weighted by atomic mass is 35.5. The fraction of sp³-hybridized carbons (Fsp3) is 0.111. The molecule has 1 N–H and O–H groups in total. The lowest BCUT2D eigenvalue weighted by Crippen LogP contribution is -2.02. The maximum atomic E-state index is 10.7. The van der Waals surface area contributed by atoms with Crippen LogP contribution in [0.2, 0.25) is 10.0 Å². The summed E-state index contributed by atoms with van der Waals surface area (Å²) >= 11 is 11.4. The largest absolute Gasteiger partial charge is 0.369 e. The molecule has 1 aromatic carbocycles. The second-order valence-corrected chi connectivity index (χ2v) is 3.41. The molecule has 78 valence electrons. The summed E-state index contributed by atoms with van der Waals surface area (Å²) in [7, 11) is 0. The Morgan fingerprint density at radius 2 is 2.07 bits per heavy atom. The molecule has 0 aromatic heterocycles. The van der Waals surface area contributed by atoms with Crippen LogP contribution in [0.5, 0.6) is 0 Å². The van der Waals surface area contributed by atoms with Crippen molar-refractivity contribution in [2.45, 2.75) is 0 Å². The molecule has 0 fully saturated rings. The van der Waals surface area contributed by atoms with Gasteiger partial charge in [0.05, 0.1) is 21.5 Å². The molecule has 0 saturated carbocycles. The quantitative estimate of drug-likeness (QED) is 0.506. The van der Waals surface area contributed by atoms with Gasteiger partial charge in [0, 0.05) is 6.07 Å². The summed E-state index contributed by atoms with van der Waals surface area (Å²) in [5.74, 6) is 2.31. The summed E-state index contributed by atoms with van der Waals surface area (Å²) in [6.07, 6.45) is 5.03. The number of nitro benzene ring substituents is 1. The van der Waals surface area contributed by atoms with Gasteiger partial charge >= 0.3 is 0 Å². The lowest BCUT2D eigenvalue weighted by molar-refractivity contribution is -0.383. The van der Waals surface area contributed by atoms with Crippen molar-refractivity contribution < 1.29 is 4.92 Å². The lowest BCUT2D eigenvalue weighted by Gasteiger charge is -2.05. The zero-order valence-electron chi connectivity index (χ0n) is 7.46. The van der Waals surface area contributed by atoms with Crippen LogP contribution in [0.3, 0.4) is 0 Å². The van der Waals surface area contributed by atoms with Crippen molar-refractivity contribution in [3.8, 4) is 12.3 Å². The molecule has 0 unspecified atom stereocenters. The number of anilines is 1. The van der Waals surface area contributed by atoms with Gasteiger partial charge in [-0.2, -0.15) is 0 Å². The van der Waals surface area contributed by atoms with Gasteiger partial charge in [-0.05, 0) is 6.07 Å². The normalized spacial score (nSPS) is 9.40. The van der Waals surface area contributed by atoms with Gasteiger partial charge in [0.25, 0.3) is 5.69 Å². The molecular formula is C9H6Cl2N2O2. The van der Waals surface area contributed by atoms with Crippen LogP contribution in [0.15, 0.2) is 12.1 Å². The summed E-state index contributed by atoms with van der Waals surface area (Å²) in [6.45, 7) is 0.179. The predicted octanol–water partition coefficient (Wildman–Crippen LogP) is 2.95. The minimum atomic E-state index is -0.555. The number of nitro groups is 1. The summed E-state index contributed by atoms with van der Waals surface area (Å²) < 4.78 is 0. The van der Waals surface area contributed by atoms with Crippen LogP contribution in [0.25, 0.3) is 0 Å². The highest BCUT2D eigenvalue weighted by molar-refractivity contribution is 6.42. The second kappa shape index (κ2) is 4.87. The van der Waals surface area contributed by atoms with Crippen molar-refractivity contribution in [2.75, 3.05) is 11.9 Å². The third kappa shape index (κ3) is 2.75. The van der Waals surface area contributed by atoms with Crippen LogP contribution >= 0.6 is 23.2 Å². The zero-order valence-corrected chi connectivity index (χ0v) is 8.97. The van der Waals surface area contributed by atoms with E-state index < -0.39 is 4.92 Å².